The Hall–Kier alpha value is -2.86. The van der Waals surface area contributed by atoms with Gasteiger partial charge in [-0.2, -0.15) is 0 Å². The van der Waals surface area contributed by atoms with Crippen LogP contribution in [0.25, 0.3) is 0 Å². The average Bonchev–Trinajstić information content (AvgIpc) is 3.23. The minimum Gasteiger partial charge on any atom is -0.340 e. The number of hydrogen-bond donors (Lipinski definition) is 2. The Labute approximate surface area is 240 Å². The quantitative estimate of drug-likeness (QED) is 0.380. The molecule has 2 aliphatic heterocycles. The third-order valence-corrected chi connectivity index (χ3v) is 10.7. The molecule has 2 heterocycles. The summed E-state index contributed by atoms with van der Waals surface area (Å²) in [5, 5.41) is 7.31. The minimum absolute atomic E-state index is 0.147. The standard InChI is InChI=1S/C34H47N5O/c1-21-7-8-25(22(2)15-21)11-13-38-20-26-16-28(9-10-29(26)32(38)40)36-33(39-14-12-35-23(3)19-39)37-31-18-27-17-30(24(31)4)34(27,5)6/h7-10,15-16,23-24,27,30-31,35H,11-14,17-20H2,1-6H3,(H,36,37)/t23-,24+,27-,30-,31-/m0/s1. The van der Waals surface area contributed by atoms with Crippen molar-refractivity contribution in [2.75, 3.05) is 31.5 Å². The van der Waals surface area contributed by atoms with E-state index in [0.717, 1.165) is 67.2 Å². The van der Waals surface area contributed by atoms with Crippen molar-refractivity contribution >= 4 is 17.6 Å². The molecule has 0 aromatic heterocycles. The van der Waals surface area contributed by atoms with E-state index < -0.39 is 0 Å². The Morgan fingerprint density at radius 3 is 2.67 bits per heavy atom. The summed E-state index contributed by atoms with van der Waals surface area (Å²) in [7, 11) is 0. The van der Waals surface area contributed by atoms with E-state index in [0.29, 0.717) is 30.0 Å². The fraction of sp³-hybridized carbons (Fsp3) is 0.588. The second-order valence-corrected chi connectivity index (χ2v) is 13.7. The predicted molar refractivity (Wildman–Crippen MR) is 164 cm³/mol. The first-order chi connectivity index (χ1) is 19.1. The van der Waals surface area contributed by atoms with Crippen LogP contribution in [0.2, 0.25) is 0 Å². The molecule has 5 atom stereocenters. The van der Waals surface area contributed by atoms with E-state index in [4.69, 9.17) is 4.99 Å². The molecule has 2 aromatic carbocycles. The van der Waals surface area contributed by atoms with Crippen molar-refractivity contribution in [3.63, 3.8) is 0 Å². The zero-order valence-electron chi connectivity index (χ0n) is 25.3. The number of carbonyl (C=O) groups is 1. The molecule has 1 saturated heterocycles. The molecule has 0 spiro atoms. The summed E-state index contributed by atoms with van der Waals surface area (Å²) in [6.07, 6.45) is 3.44. The van der Waals surface area contributed by atoms with E-state index in [1.807, 2.05) is 11.0 Å². The van der Waals surface area contributed by atoms with Crippen molar-refractivity contribution in [3.8, 4) is 0 Å². The number of guanidine groups is 1. The summed E-state index contributed by atoms with van der Waals surface area (Å²) in [5.74, 6) is 3.30. The Kier molecular flexibility index (Phi) is 7.18. The number of amides is 1. The zero-order valence-corrected chi connectivity index (χ0v) is 25.3. The molecule has 40 heavy (non-hydrogen) atoms. The first kappa shape index (κ1) is 27.3. The van der Waals surface area contributed by atoms with Gasteiger partial charge in [0.25, 0.3) is 5.91 Å². The molecule has 2 N–H and O–H groups in total. The molecule has 2 bridgehead atoms. The first-order valence-corrected chi connectivity index (χ1v) is 15.4. The molecule has 5 aliphatic rings. The molecule has 2 aromatic rings. The van der Waals surface area contributed by atoms with Gasteiger partial charge in [0.1, 0.15) is 0 Å². The number of anilines is 1. The number of hydrogen-bond acceptors (Lipinski definition) is 3. The zero-order chi connectivity index (χ0) is 28.2. The van der Waals surface area contributed by atoms with Gasteiger partial charge in [-0.05, 0) is 98.1 Å². The smallest absolute Gasteiger partial charge is 0.254 e. The molecule has 0 unspecified atom stereocenters. The second kappa shape index (κ2) is 10.5. The van der Waals surface area contributed by atoms with Gasteiger partial charge in [0.2, 0.25) is 0 Å². The number of piperazine rings is 1. The van der Waals surface area contributed by atoms with Crippen LogP contribution in [0.5, 0.6) is 0 Å². The van der Waals surface area contributed by atoms with Crippen molar-refractivity contribution in [2.24, 2.45) is 28.2 Å². The monoisotopic (exact) mass is 541 g/mol. The van der Waals surface area contributed by atoms with E-state index in [2.05, 4.69) is 87.4 Å². The van der Waals surface area contributed by atoms with Crippen LogP contribution in [0.4, 0.5) is 5.69 Å². The van der Waals surface area contributed by atoms with Crippen LogP contribution in [0.15, 0.2) is 41.4 Å². The maximum Gasteiger partial charge on any atom is 0.254 e. The summed E-state index contributed by atoms with van der Waals surface area (Å²) in [6.45, 7) is 18.1. The van der Waals surface area contributed by atoms with Crippen LogP contribution in [-0.4, -0.2) is 59.9 Å². The van der Waals surface area contributed by atoms with Gasteiger partial charge in [-0.3, -0.25) is 4.79 Å². The van der Waals surface area contributed by atoms with Gasteiger partial charge in [0, 0.05) is 50.0 Å². The predicted octanol–water partition coefficient (Wildman–Crippen LogP) is 5.63. The molecule has 0 radical (unpaired) electrons. The molecule has 6 heteroatoms. The van der Waals surface area contributed by atoms with Gasteiger partial charge in [-0.1, -0.05) is 44.5 Å². The Balaban J connectivity index is 1.18. The molecule has 7 rings (SSSR count). The largest absolute Gasteiger partial charge is 0.340 e. The Morgan fingerprint density at radius 1 is 1.12 bits per heavy atom. The van der Waals surface area contributed by atoms with Gasteiger partial charge in [0.05, 0.1) is 6.04 Å². The third-order valence-electron chi connectivity index (χ3n) is 10.7. The van der Waals surface area contributed by atoms with Gasteiger partial charge in [-0.25, -0.2) is 4.99 Å². The number of aliphatic imine (C=N–C) groups is 1. The van der Waals surface area contributed by atoms with Gasteiger partial charge < -0.3 is 20.4 Å². The minimum atomic E-state index is 0.147. The summed E-state index contributed by atoms with van der Waals surface area (Å²) in [6, 6.07) is 13.6. The number of aryl methyl sites for hydroxylation is 2. The van der Waals surface area contributed by atoms with Crippen LogP contribution in [-0.2, 0) is 13.0 Å². The van der Waals surface area contributed by atoms with Crippen LogP contribution < -0.4 is 10.6 Å². The number of nitrogens with zero attached hydrogens (tertiary/aromatic N) is 3. The molecule has 214 valence electrons. The molecule has 1 amide bonds. The molecular formula is C34H47N5O. The molecular weight excluding hydrogens is 494 g/mol. The number of rotatable bonds is 5. The number of benzene rings is 2. The topological polar surface area (TPSA) is 60.0 Å². The van der Waals surface area contributed by atoms with Crippen molar-refractivity contribution in [2.45, 2.75) is 79.4 Å². The fourth-order valence-corrected chi connectivity index (χ4v) is 7.92. The molecule has 3 saturated carbocycles. The lowest BCUT2D eigenvalue weighted by atomic mass is 9.45. The van der Waals surface area contributed by atoms with E-state index in [1.54, 1.807) is 0 Å². The lowest BCUT2D eigenvalue weighted by Gasteiger charge is -2.61. The lowest BCUT2D eigenvalue weighted by Crippen LogP contribution is -2.57. The molecule has 6 nitrogen and oxygen atoms in total. The maximum absolute atomic E-state index is 13.2. The summed E-state index contributed by atoms with van der Waals surface area (Å²) in [4.78, 5) is 23.1. The van der Waals surface area contributed by atoms with Gasteiger partial charge in [-0.15, -0.1) is 0 Å². The van der Waals surface area contributed by atoms with Crippen LogP contribution in [0, 0.1) is 37.0 Å². The van der Waals surface area contributed by atoms with Crippen LogP contribution >= 0.6 is 0 Å². The third kappa shape index (κ3) is 5.04. The summed E-state index contributed by atoms with van der Waals surface area (Å²) in [5.41, 5.74) is 7.34. The summed E-state index contributed by atoms with van der Waals surface area (Å²) >= 11 is 0. The number of fused-ring (bicyclic) bond motifs is 3. The molecule has 4 fully saturated rings. The SMILES string of the molecule is Cc1ccc(CCN2Cc3cc(NC(=N[C@H]4C[C@@H]5C[C@@H]([C@H]4C)C5(C)C)N4CCN[C@@H](C)C4)ccc3C2=O)c(C)c1. The van der Waals surface area contributed by atoms with Crippen LogP contribution in [0.3, 0.4) is 0 Å². The van der Waals surface area contributed by atoms with Crippen molar-refractivity contribution in [1.82, 2.24) is 15.1 Å². The van der Waals surface area contributed by atoms with E-state index in [9.17, 15) is 4.79 Å². The fourth-order valence-electron chi connectivity index (χ4n) is 7.92. The summed E-state index contributed by atoms with van der Waals surface area (Å²) < 4.78 is 0. The normalized spacial score (nSPS) is 29.3. The maximum atomic E-state index is 13.2. The highest BCUT2D eigenvalue weighted by molar-refractivity contribution is 6.00. The van der Waals surface area contributed by atoms with E-state index >= 15 is 0 Å². The first-order valence-electron chi connectivity index (χ1n) is 15.4. The van der Waals surface area contributed by atoms with Crippen molar-refractivity contribution in [3.05, 3.63) is 64.2 Å². The highest BCUT2D eigenvalue weighted by Crippen LogP contribution is 2.61. The average molecular weight is 542 g/mol. The Bertz CT molecular complexity index is 1320. The van der Waals surface area contributed by atoms with Crippen molar-refractivity contribution in [1.29, 1.82) is 0 Å². The lowest BCUT2D eigenvalue weighted by molar-refractivity contribution is -0.108. The highest BCUT2D eigenvalue weighted by Gasteiger charge is 2.56. The van der Waals surface area contributed by atoms with Crippen LogP contribution in [0.1, 0.15) is 73.1 Å². The second-order valence-electron chi connectivity index (χ2n) is 13.7. The number of nitrogens with one attached hydrogen (secondary N) is 2. The van der Waals surface area contributed by atoms with E-state index in [1.165, 1.54) is 29.5 Å². The Morgan fingerprint density at radius 2 is 1.95 bits per heavy atom. The van der Waals surface area contributed by atoms with E-state index in [-0.39, 0.29) is 5.91 Å². The van der Waals surface area contributed by atoms with Gasteiger partial charge >= 0.3 is 0 Å². The highest BCUT2D eigenvalue weighted by atomic mass is 16.2. The van der Waals surface area contributed by atoms with Gasteiger partial charge in [0.15, 0.2) is 5.96 Å². The van der Waals surface area contributed by atoms with Crippen molar-refractivity contribution < 1.29 is 4.79 Å². The number of carbonyl (C=O) groups excluding carboxylic acids is 1. The molecule has 3 aliphatic carbocycles.